The van der Waals surface area contributed by atoms with Crippen LogP contribution in [0, 0.1) is 5.92 Å². The van der Waals surface area contributed by atoms with Gasteiger partial charge in [-0.05, 0) is 37.7 Å². The Kier molecular flexibility index (Phi) is 4.38. The number of nitrogens with zero attached hydrogens (tertiary/aromatic N) is 2. The smallest absolute Gasteiger partial charge is 0.273 e. The Hall–Kier alpha value is -1.56. The summed E-state index contributed by atoms with van der Waals surface area (Å²) in [6.45, 7) is 0.377. The lowest BCUT2D eigenvalue weighted by atomic mass is 9.88. The molecule has 0 aromatic heterocycles. The van der Waals surface area contributed by atoms with E-state index in [0.717, 1.165) is 5.57 Å². The molecule has 0 spiro atoms. The van der Waals surface area contributed by atoms with E-state index >= 15 is 0 Å². The molecule has 0 amide bonds. The molecule has 2 atom stereocenters. The SMILES string of the molecule is N[C@@H]1CCCC(F)(F)[C@@H]1N=NC1=CCOC=C1/C=C/C1CC1. The zero-order valence-electron chi connectivity index (χ0n) is 12.4. The minimum atomic E-state index is -2.87. The molecular weight excluding hydrogens is 288 g/mol. The van der Waals surface area contributed by atoms with Gasteiger partial charge in [-0.15, -0.1) is 0 Å². The number of ether oxygens (including phenoxy) is 1. The number of hydrogen-bond donors (Lipinski definition) is 1. The van der Waals surface area contributed by atoms with Gasteiger partial charge in [-0.3, -0.25) is 0 Å². The second kappa shape index (κ2) is 6.28. The van der Waals surface area contributed by atoms with Crippen molar-refractivity contribution in [3.63, 3.8) is 0 Å². The monoisotopic (exact) mass is 309 g/mol. The largest absolute Gasteiger partial charge is 0.496 e. The molecule has 0 aromatic carbocycles. The van der Waals surface area contributed by atoms with Crippen LogP contribution in [0.15, 0.2) is 46.0 Å². The average molecular weight is 309 g/mol. The van der Waals surface area contributed by atoms with Gasteiger partial charge in [0.15, 0.2) is 0 Å². The Bertz CT molecular complexity index is 536. The van der Waals surface area contributed by atoms with Gasteiger partial charge in [-0.1, -0.05) is 12.2 Å². The second-order valence-corrected chi connectivity index (χ2v) is 6.17. The maximum Gasteiger partial charge on any atom is 0.273 e. The fourth-order valence-electron chi connectivity index (χ4n) is 2.68. The number of azo groups is 1. The fraction of sp³-hybridized carbons (Fsp3) is 0.625. The molecule has 4 nitrogen and oxygen atoms in total. The highest BCUT2D eigenvalue weighted by atomic mass is 19.3. The van der Waals surface area contributed by atoms with Crippen molar-refractivity contribution in [2.45, 2.75) is 50.1 Å². The number of alkyl halides is 2. The fourth-order valence-corrected chi connectivity index (χ4v) is 2.68. The summed E-state index contributed by atoms with van der Waals surface area (Å²) in [4.78, 5) is 0. The zero-order chi connectivity index (χ0) is 15.6. The highest BCUT2D eigenvalue weighted by Crippen LogP contribution is 2.36. The van der Waals surface area contributed by atoms with Gasteiger partial charge in [0, 0.05) is 18.0 Å². The van der Waals surface area contributed by atoms with Gasteiger partial charge in [0.2, 0.25) is 0 Å². The van der Waals surface area contributed by atoms with Crippen molar-refractivity contribution in [3.8, 4) is 0 Å². The number of rotatable bonds is 4. The van der Waals surface area contributed by atoms with Gasteiger partial charge in [0.25, 0.3) is 5.92 Å². The predicted octanol–water partition coefficient (Wildman–Crippen LogP) is 3.72. The number of hydrogen-bond acceptors (Lipinski definition) is 4. The molecule has 1 heterocycles. The average Bonchev–Trinajstić information content (AvgIpc) is 3.29. The molecule has 2 fully saturated rings. The Morgan fingerprint density at radius 3 is 2.86 bits per heavy atom. The van der Waals surface area contributed by atoms with Gasteiger partial charge < -0.3 is 10.5 Å². The number of halogens is 2. The van der Waals surface area contributed by atoms with Gasteiger partial charge in [-0.25, -0.2) is 8.78 Å². The van der Waals surface area contributed by atoms with Crippen molar-refractivity contribution >= 4 is 0 Å². The molecule has 0 unspecified atom stereocenters. The van der Waals surface area contributed by atoms with Crippen LogP contribution in [0.1, 0.15) is 32.1 Å². The van der Waals surface area contributed by atoms with E-state index in [9.17, 15) is 8.78 Å². The minimum absolute atomic E-state index is 0.170. The molecule has 0 aromatic rings. The van der Waals surface area contributed by atoms with Gasteiger partial charge in [-0.2, -0.15) is 10.2 Å². The first kappa shape index (κ1) is 15.3. The van der Waals surface area contributed by atoms with Crippen LogP contribution >= 0.6 is 0 Å². The standard InChI is InChI=1S/C16H21F2N3O/c17-16(18)8-1-2-13(19)15(16)21-20-14-7-9-22-10-12(14)6-5-11-3-4-11/h5-7,10-11,13,15H,1-4,8-9,19H2/b6-5+,21-20?/t13-,15-/m1/s1. The summed E-state index contributed by atoms with van der Waals surface area (Å²) in [5.41, 5.74) is 7.16. The molecule has 2 saturated carbocycles. The highest BCUT2D eigenvalue weighted by Gasteiger charge is 2.46. The van der Waals surface area contributed by atoms with Crippen LogP contribution in [0.25, 0.3) is 0 Å². The summed E-state index contributed by atoms with van der Waals surface area (Å²) < 4.78 is 33.1. The van der Waals surface area contributed by atoms with Crippen molar-refractivity contribution in [3.05, 3.63) is 35.8 Å². The van der Waals surface area contributed by atoms with Crippen LogP contribution in [0.3, 0.4) is 0 Å². The predicted molar refractivity (Wildman–Crippen MR) is 79.4 cm³/mol. The molecule has 0 bridgehead atoms. The summed E-state index contributed by atoms with van der Waals surface area (Å²) in [6.07, 6.45) is 10.6. The maximum atomic E-state index is 13.9. The van der Waals surface area contributed by atoms with E-state index in [1.807, 2.05) is 6.08 Å². The molecule has 1 aliphatic heterocycles. The number of nitrogens with two attached hydrogens (primary N) is 1. The van der Waals surface area contributed by atoms with Crippen LogP contribution in [-0.4, -0.2) is 24.6 Å². The summed E-state index contributed by atoms with van der Waals surface area (Å²) in [7, 11) is 0. The summed E-state index contributed by atoms with van der Waals surface area (Å²) >= 11 is 0. The van der Waals surface area contributed by atoms with E-state index < -0.39 is 18.0 Å². The van der Waals surface area contributed by atoms with E-state index in [0.29, 0.717) is 31.1 Å². The molecule has 0 radical (unpaired) electrons. The lowest BCUT2D eigenvalue weighted by molar-refractivity contribution is -0.0590. The van der Waals surface area contributed by atoms with Crippen LogP contribution < -0.4 is 5.73 Å². The van der Waals surface area contributed by atoms with Crippen molar-refractivity contribution in [2.24, 2.45) is 21.9 Å². The summed E-state index contributed by atoms with van der Waals surface area (Å²) in [5.74, 6) is -2.25. The molecule has 6 heteroatoms. The third-order valence-electron chi connectivity index (χ3n) is 4.22. The summed E-state index contributed by atoms with van der Waals surface area (Å²) in [5, 5.41) is 7.94. The first-order valence-corrected chi connectivity index (χ1v) is 7.81. The molecular formula is C16H21F2N3O. The highest BCUT2D eigenvalue weighted by molar-refractivity contribution is 5.39. The van der Waals surface area contributed by atoms with E-state index in [-0.39, 0.29) is 6.42 Å². The van der Waals surface area contributed by atoms with Crippen molar-refractivity contribution in [1.29, 1.82) is 0 Å². The van der Waals surface area contributed by atoms with Gasteiger partial charge in [0.1, 0.15) is 12.6 Å². The number of allylic oxidation sites excluding steroid dienone is 2. The second-order valence-electron chi connectivity index (χ2n) is 6.17. The zero-order valence-corrected chi connectivity index (χ0v) is 12.4. The van der Waals surface area contributed by atoms with Crippen LogP contribution in [-0.2, 0) is 4.74 Å². The van der Waals surface area contributed by atoms with Crippen molar-refractivity contribution in [1.82, 2.24) is 0 Å². The molecule has 22 heavy (non-hydrogen) atoms. The molecule has 3 rings (SSSR count). The lowest BCUT2D eigenvalue weighted by Crippen LogP contribution is -2.49. The topological polar surface area (TPSA) is 60.0 Å². The molecule has 3 aliphatic rings. The molecule has 2 N–H and O–H groups in total. The van der Waals surface area contributed by atoms with E-state index in [1.165, 1.54) is 12.8 Å². The molecule has 0 saturated heterocycles. The van der Waals surface area contributed by atoms with Crippen LogP contribution in [0.5, 0.6) is 0 Å². The first-order chi connectivity index (χ1) is 10.6. The Morgan fingerprint density at radius 1 is 1.32 bits per heavy atom. The van der Waals surface area contributed by atoms with E-state index in [2.05, 4.69) is 16.3 Å². The van der Waals surface area contributed by atoms with Gasteiger partial charge >= 0.3 is 0 Å². The Balaban J connectivity index is 1.72. The van der Waals surface area contributed by atoms with Crippen LogP contribution in [0.2, 0.25) is 0 Å². The lowest BCUT2D eigenvalue weighted by Gasteiger charge is -2.32. The molecule has 2 aliphatic carbocycles. The minimum Gasteiger partial charge on any atom is -0.496 e. The van der Waals surface area contributed by atoms with Gasteiger partial charge in [0.05, 0.1) is 12.0 Å². The normalized spacial score (nSPS) is 32.0. The Morgan fingerprint density at radius 2 is 2.14 bits per heavy atom. The maximum absolute atomic E-state index is 13.9. The Labute approximate surface area is 128 Å². The van der Waals surface area contributed by atoms with Crippen molar-refractivity contribution in [2.75, 3.05) is 6.61 Å². The van der Waals surface area contributed by atoms with Crippen molar-refractivity contribution < 1.29 is 13.5 Å². The third-order valence-corrected chi connectivity index (χ3v) is 4.22. The third kappa shape index (κ3) is 3.61. The summed E-state index contributed by atoms with van der Waals surface area (Å²) in [6, 6.07) is -1.87. The van der Waals surface area contributed by atoms with Crippen LogP contribution in [0.4, 0.5) is 8.78 Å². The van der Waals surface area contributed by atoms with E-state index in [1.54, 1.807) is 12.3 Å². The quantitative estimate of drug-likeness (QED) is 0.805. The first-order valence-electron chi connectivity index (χ1n) is 7.81. The van der Waals surface area contributed by atoms with E-state index in [4.69, 9.17) is 10.5 Å². The molecule has 120 valence electrons.